The molecule has 0 aromatic heterocycles. The molecule has 0 saturated carbocycles. The van der Waals surface area contributed by atoms with Crippen molar-refractivity contribution >= 4 is 0 Å². The number of rotatable bonds is 5. The van der Waals surface area contributed by atoms with Crippen LogP contribution in [-0.4, -0.2) is 13.2 Å². The normalized spacial score (nSPS) is 23.9. The van der Waals surface area contributed by atoms with E-state index in [4.69, 9.17) is 9.47 Å². The van der Waals surface area contributed by atoms with Gasteiger partial charge in [0.2, 0.25) is 0 Å². The van der Waals surface area contributed by atoms with Crippen molar-refractivity contribution in [1.82, 2.24) is 0 Å². The summed E-state index contributed by atoms with van der Waals surface area (Å²) in [5.41, 5.74) is 1.28. The number of methoxy groups -OCH3 is 1. The maximum absolute atomic E-state index is 6.08. The van der Waals surface area contributed by atoms with E-state index in [9.17, 15) is 0 Å². The first-order chi connectivity index (χ1) is 8.33. The zero-order valence-electron chi connectivity index (χ0n) is 10.8. The Balaban J connectivity index is 1.90. The van der Waals surface area contributed by atoms with Crippen molar-refractivity contribution in [3.8, 4) is 5.75 Å². The highest BCUT2D eigenvalue weighted by Crippen LogP contribution is 2.35. The molecule has 2 atom stereocenters. The Hall–Kier alpha value is -1.02. The summed E-state index contributed by atoms with van der Waals surface area (Å²) < 4.78 is 11.2. The molecule has 0 N–H and O–H groups in total. The van der Waals surface area contributed by atoms with Gasteiger partial charge in [-0.3, -0.25) is 0 Å². The second kappa shape index (κ2) is 6.06. The predicted molar refractivity (Wildman–Crippen MR) is 69.4 cm³/mol. The maximum atomic E-state index is 6.08. The van der Waals surface area contributed by atoms with Gasteiger partial charge >= 0.3 is 0 Å². The smallest absolute Gasteiger partial charge is 0.118 e. The largest absolute Gasteiger partial charge is 0.497 e. The van der Waals surface area contributed by atoms with Gasteiger partial charge in [0, 0.05) is 0 Å². The first-order valence-corrected chi connectivity index (χ1v) is 6.63. The monoisotopic (exact) mass is 234 g/mol. The maximum Gasteiger partial charge on any atom is 0.118 e. The van der Waals surface area contributed by atoms with Crippen molar-refractivity contribution < 1.29 is 9.47 Å². The zero-order chi connectivity index (χ0) is 12.1. The van der Waals surface area contributed by atoms with Crippen molar-refractivity contribution in [3.05, 3.63) is 29.8 Å². The van der Waals surface area contributed by atoms with Crippen molar-refractivity contribution in [2.24, 2.45) is 0 Å². The van der Waals surface area contributed by atoms with E-state index < -0.39 is 0 Å². The summed E-state index contributed by atoms with van der Waals surface area (Å²) in [4.78, 5) is 0. The van der Waals surface area contributed by atoms with Crippen molar-refractivity contribution in [2.45, 2.75) is 51.2 Å². The lowest BCUT2D eigenvalue weighted by Crippen LogP contribution is -2.06. The summed E-state index contributed by atoms with van der Waals surface area (Å²) in [7, 11) is 1.70. The van der Waals surface area contributed by atoms with Crippen LogP contribution in [0.15, 0.2) is 24.3 Å². The van der Waals surface area contributed by atoms with Gasteiger partial charge in [-0.1, -0.05) is 31.9 Å². The van der Waals surface area contributed by atoms with E-state index in [1.807, 2.05) is 12.1 Å². The van der Waals surface area contributed by atoms with Gasteiger partial charge in [0.25, 0.3) is 0 Å². The average Bonchev–Trinajstić information content (AvgIpc) is 2.85. The van der Waals surface area contributed by atoms with E-state index >= 15 is 0 Å². The van der Waals surface area contributed by atoms with Crippen LogP contribution < -0.4 is 4.74 Å². The summed E-state index contributed by atoms with van der Waals surface area (Å²) in [6.45, 7) is 2.23. The SMILES string of the molecule is CCCC[C@@H]1CC[C@H](c2ccc(OC)cc2)O1. The summed E-state index contributed by atoms with van der Waals surface area (Å²) in [6.07, 6.45) is 6.87. The fourth-order valence-electron chi connectivity index (χ4n) is 2.41. The van der Waals surface area contributed by atoms with Gasteiger partial charge in [0.15, 0.2) is 0 Å². The fourth-order valence-corrected chi connectivity index (χ4v) is 2.41. The topological polar surface area (TPSA) is 18.5 Å². The molecule has 1 saturated heterocycles. The summed E-state index contributed by atoms with van der Waals surface area (Å²) >= 11 is 0. The van der Waals surface area contributed by atoms with Crippen molar-refractivity contribution in [3.63, 3.8) is 0 Å². The standard InChI is InChI=1S/C15H22O2/c1-3-4-5-14-10-11-15(17-14)12-6-8-13(16-2)9-7-12/h6-9,14-15H,3-5,10-11H2,1-2H3/t14-,15-/m1/s1. The average molecular weight is 234 g/mol. The molecule has 0 amide bonds. The molecule has 2 heteroatoms. The molecule has 0 radical (unpaired) electrons. The first kappa shape index (κ1) is 12.4. The highest BCUT2D eigenvalue weighted by molar-refractivity contribution is 5.28. The van der Waals surface area contributed by atoms with Crippen molar-refractivity contribution in [1.29, 1.82) is 0 Å². The van der Waals surface area contributed by atoms with Crippen LogP contribution in [0, 0.1) is 0 Å². The Morgan fingerprint density at radius 2 is 2.00 bits per heavy atom. The quantitative estimate of drug-likeness (QED) is 0.763. The molecule has 1 aromatic rings. The van der Waals surface area contributed by atoms with Crippen LogP contribution >= 0.6 is 0 Å². The third-order valence-electron chi connectivity index (χ3n) is 3.47. The molecule has 1 aromatic carbocycles. The molecule has 94 valence electrons. The Morgan fingerprint density at radius 3 is 2.65 bits per heavy atom. The Morgan fingerprint density at radius 1 is 1.24 bits per heavy atom. The highest BCUT2D eigenvalue weighted by Gasteiger charge is 2.25. The third-order valence-corrected chi connectivity index (χ3v) is 3.47. The lowest BCUT2D eigenvalue weighted by Gasteiger charge is -2.14. The predicted octanol–water partition coefficient (Wildman–Crippen LogP) is 4.11. The van der Waals surface area contributed by atoms with E-state index in [1.54, 1.807) is 7.11 Å². The van der Waals surface area contributed by atoms with Crippen LogP contribution in [0.3, 0.4) is 0 Å². The van der Waals surface area contributed by atoms with Crippen LogP contribution in [0.4, 0.5) is 0 Å². The Labute approximate surface area is 104 Å². The van der Waals surface area contributed by atoms with E-state index in [1.165, 1.54) is 31.2 Å². The zero-order valence-corrected chi connectivity index (χ0v) is 10.8. The van der Waals surface area contributed by atoms with Crippen LogP contribution in [0.5, 0.6) is 5.75 Å². The molecule has 17 heavy (non-hydrogen) atoms. The number of hydrogen-bond donors (Lipinski definition) is 0. The van der Waals surface area contributed by atoms with Crippen molar-refractivity contribution in [2.75, 3.05) is 7.11 Å². The second-order valence-electron chi connectivity index (χ2n) is 4.74. The minimum Gasteiger partial charge on any atom is -0.497 e. The number of ether oxygens (including phenoxy) is 2. The number of unbranched alkanes of at least 4 members (excludes halogenated alkanes) is 1. The van der Waals surface area contributed by atoms with Crippen LogP contribution in [0.1, 0.15) is 50.7 Å². The Kier molecular flexibility index (Phi) is 4.43. The minimum atomic E-state index is 0.294. The summed E-state index contributed by atoms with van der Waals surface area (Å²) in [5, 5.41) is 0. The van der Waals surface area contributed by atoms with Crippen LogP contribution in [0.25, 0.3) is 0 Å². The number of hydrogen-bond acceptors (Lipinski definition) is 2. The van der Waals surface area contributed by atoms with Gasteiger partial charge < -0.3 is 9.47 Å². The van der Waals surface area contributed by atoms with Gasteiger partial charge in [-0.05, 0) is 37.0 Å². The van der Waals surface area contributed by atoms with Gasteiger partial charge in [0.1, 0.15) is 5.75 Å². The molecule has 2 rings (SSSR count). The summed E-state index contributed by atoms with van der Waals surface area (Å²) in [6, 6.07) is 8.26. The number of benzene rings is 1. The third kappa shape index (κ3) is 3.22. The van der Waals surface area contributed by atoms with E-state index in [0.29, 0.717) is 12.2 Å². The highest BCUT2D eigenvalue weighted by atomic mass is 16.5. The molecular weight excluding hydrogens is 212 g/mol. The lowest BCUT2D eigenvalue weighted by atomic mass is 10.0. The molecule has 1 aliphatic rings. The van der Waals surface area contributed by atoms with E-state index in [-0.39, 0.29) is 0 Å². The molecule has 0 bridgehead atoms. The molecule has 0 aliphatic carbocycles. The molecule has 1 fully saturated rings. The Bertz CT molecular complexity index is 331. The second-order valence-corrected chi connectivity index (χ2v) is 4.74. The molecule has 0 unspecified atom stereocenters. The van der Waals surface area contributed by atoms with Gasteiger partial charge in [-0.15, -0.1) is 0 Å². The molecule has 1 heterocycles. The molecule has 0 spiro atoms. The van der Waals surface area contributed by atoms with Gasteiger partial charge in [0.05, 0.1) is 19.3 Å². The van der Waals surface area contributed by atoms with Gasteiger partial charge in [-0.25, -0.2) is 0 Å². The lowest BCUT2D eigenvalue weighted by molar-refractivity contribution is 0.0388. The fraction of sp³-hybridized carbons (Fsp3) is 0.600. The molecule has 2 nitrogen and oxygen atoms in total. The minimum absolute atomic E-state index is 0.294. The van der Waals surface area contributed by atoms with Gasteiger partial charge in [-0.2, -0.15) is 0 Å². The molecule has 1 aliphatic heterocycles. The van der Waals surface area contributed by atoms with E-state index in [0.717, 1.165) is 12.2 Å². The summed E-state index contributed by atoms with van der Waals surface area (Å²) in [5.74, 6) is 0.911. The first-order valence-electron chi connectivity index (χ1n) is 6.63. The molecular formula is C15H22O2. The van der Waals surface area contributed by atoms with E-state index in [2.05, 4.69) is 19.1 Å². The van der Waals surface area contributed by atoms with Crippen LogP contribution in [0.2, 0.25) is 0 Å². The van der Waals surface area contributed by atoms with Crippen LogP contribution in [-0.2, 0) is 4.74 Å².